The Morgan fingerprint density at radius 3 is 3.20 bits per heavy atom. The Bertz CT molecular complexity index is 620. The van der Waals surface area contributed by atoms with Gasteiger partial charge in [0.1, 0.15) is 0 Å². The quantitative estimate of drug-likeness (QED) is 0.893. The lowest BCUT2D eigenvalue weighted by molar-refractivity contribution is -0.118. The number of hydrogen-bond donors (Lipinski definition) is 2. The average molecular weight is 310 g/mol. The van der Waals surface area contributed by atoms with Crippen LogP contribution in [0.3, 0.4) is 0 Å². The third-order valence-corrected chi connectivity index (χ3v) is 4.63. The molecule has 0 saturated carbocycles. The summed E-state index contributed by atoms with van der Waals surface area (Å²) in [5, 5.41) is 7.52. The van der Waals surface area contributed by atoms with Gasteiger partial charge in [-0.15, -0.1) is 0 Å². The Labute approximate surface area is 126 Å². The number of amides is 1. The second-order valence-electron chi connectivity index (χ2n) is 4.98. The van der Waals surface area contributed by atoms with Crippen LogP contribution in [0.2, 0.25) is 5.02 Å². The van der Waals surface area contributed by atoms with E-state index in [1.807, 2.05) is 18.2 Å². The molecule has 1 amide bonds. The number of fused-ring (bicyclic) bond motifs is 1. The van der Waals surface area contributed by atoms with Gasteiger partial charge in [0, 0.05) is 5.02 Å². The molecular formula is C14H16ClN3OS. The van der Waals surface area contributed by atoms with Crippen LogP contribution in [0.1, 0.15) is 25.7 Å². The van der Waals surface area contributed by atoms with Crippen LogP contribution in [0, 0.1) is 0 Å². The fourth-order valence-electron chi connectivity index (χ4n) is 2.40. The molecule has 4 nitrogen and oxygen atoms in total. The molecule has 1 fully saturated rings. The summed E-state index contributed by atoms with van der Waals surface area (Å²) in [7, 11) is 0. The van der Waals surface area contributed by atoms with Crippen molar-refractivity contribution in [2.75, 3.05) is 11.9 Å². The first-order valence-electron chi connectivity index (χ1n) is 6.83. The maximum absolute atomic E-state index is 12.2. The molecule has 1 atom stereocenters. The Morgan fingerprint density at radius 2 is 2.30 bits per heavy atom. The van der Waals surface area contributed by atoms with Gasteiger partial charge in [0.25, 0.3) is 0 Å². The van der Waals surface area contributed by atoms with Crippen molar-refractivity contribution in [2.45, 2.75) is 31.7 Å². The number of benzene rings is 1. The maximum atomic E-state index is 12.2. The van der Waals surface area contributed by atoms with Gasteiger partial charge in [0.15, 0.2) is 5.13 Å². The molecule has 1 saturated heterocycles. The monoisotopic (exact) mass is 309 g/mol. The molecule has 6 heteroatoms. The smallest absolute Gasteiger partial charge is 0.243 e. The predicted molar refractivity (Wildman–Crippen MR) is 83.5 cm³/mol. The number of thiazole rings is 1. The van der Waals surface area contributed by atoms with Gasteiger partial charge >= 0.3 is 0 Å². The van der Waals surface area contributed by atoms with Crippen molar-refractivity contribution < 1.29 is 4.79 Å². The van der Waals surface area contributed by atoms with E-state index in [1.54, 1.807) is 0 Å². The van der Waals surface area contributed by atoms with Gasteiger partial charge in [-0.3, -0.25) is 4.79 Å². The van der Waals surface area contributed by atoms with Gasteiger partial charge in [-0.2, -0.15) is 0 Å². The van der Waals surface area contributed by atoms with Crippen LogP contribution in [-0.4, -0.2) is 23.5 Å². The number of nitrogens with zero attached hydrogens (tertiary/aromatic N) is 1. The molecule has 106 valence electrons. The molecule has 2 heterocycles. The highest BCUT2D eigenvalue weighted by Crippen LogP contribution is 2.28. The number of halogens is 1. The molecule has 0 radical (unpaired) electrons. The van der Waals surface area contributed by atoms with Crippen molar-refractivity contribution in [2.24, 2.45) is 0 Å². The third-order valence-electron chi connectivity index (χ3n) is 3.46. The summed E-state index contributed by atoms with van der Waals surface area (Å²) in [5.41, 5.74) is 0.864. The zero-order chi connectivity index (χ0) is 13.9. The molecule has 2 N–H and O–H groups in total. The summed E-state index contributed by atoms with van der Waals surface area (Å²) in [4.78, 5) is 16.6. The van der Waals surface area contributed by atoms with E-state index in [9.17, 15) is 4.79 Å². The number of hydrogen-bond acceptors (Lipinski definition) is 4. The van der Waals surface area contributed by atoms with E-state index < -0.39 is 0 Å². The van der Waals surface area contributed by atoms with Gasteiger partial charge in [0.05, 0.1) is 16.3 Å². The summed E-state index contributed by atoms with van der Waals surface area (Å²) < 4.78 is 0.988. The molecular weight excluding hydrogens is 294 g/mol. The normalized spacial score (nSPS) is 19.8. The van der Waals surface area contributed by atoms with Gasteiger partial charge in [-0.05, 0) is 37.6 Å². The summed E-state index contributed by atoms with van der Waals surface area (Å²) >= 11 is 7.41. The molecule has 1 aliphatic rings. The van der Waals surface area contributed by atoms with Gasteiger partial charge in [-0.1, -0.05) is 35.8 Å². The summed E-state index contributed by atoms with van der Waals surface area (Å²) in [5.74, 6) is 0.0112. The van der Waals surface area contributed by atoms with Crippen LogP contribution in [0.25, 0.3) is 10.2 Å². The number of nitrogens with one attached hydrogen (secondary N) is 2. The first-order chi connectivity index (χ1) is 9.72. The van der Waals surface area contributed by atoms with Crippen molar-refractivity contribution in [3.8, 4) is 0 Å². The molecule has 0 bridgehead atoms. The average Bonchev–Trinajstić information content (AvgIpc) is 2.64. The van der Waals surface area contributed by atoms with Crippen LogP contribution >= 0.6 is 22.9 Å². The fourth-order valence-corrected chi connectivity index (χ4v) is 3.54. The topological polar surface area (TPSA) is 54.0 Å². The van der Waals surface area contributed by atoms with E-state index in [2.05, 4.69) is 15.6 Å². The van der Waals surface area contributed by atoms with E-state index in [0.717, 1.165) is 36.0 Å². The van der Waals surface area contributed by atoms with E-state index >= 15 is 0 Å². The summed E-state index contributed by atoms with van der Waals surface area (Å²) in [6.45, 7) is 0.910. The number of rotatable bonds is 2. The van der Waals surface area contributed by atoms with Crippen LogP contribution in [-0.2, 0) is 4.79 Å². The molecule has 1 aliphatic heterocycles. The first kappa shape index (κ1) is 13.8. The Morgan fingerprint density at radius 1 is 1.40 bits per heavy atom. The SMILES string of the molecule is O=C(Nc1nc2ccc(Cl)cc2s1)C1CCCCCN1. The minimum atomic E-state index is -0.104. The largest absolute Gasteiger partial charge is 0.306 e. The molecule has 1 aromatic heterocycles. The second-order valence-corrected chi connectivity index (χ2v) is 6.44. The highest BCUT2D eigenvalue weighted by molar-refractivity contribution is 7.22. The number of carbonyl (C=O) groups excluding carboxylic acids is 1. The molecule has 0 aliphatic carbocycles. The van der Waals surface area contributed by atoms with Crippen LogP contribution in [0.15, 0.2) is 18.2 Å². The van der Waals surface area contributed by atoms with E-state index in [-0.39, 0.29) is 11.9 Å². The van der Waals surface area contributed by atoms with Gasteiger partial charge in [-0.25, -0.2) is 4.98 Å². The van der Waals surface area contributed by atoms with Crippen molar-refractivity contribution in [3.05, 3.63) is 23.2 Å². The number of aromatic nitrogens is 1. The molecule has 1 unspecified atom stereocenters. The first-order valence-corrected chi connectivity index (χ1v) is 8.02. The van der Waals surface area contributed by atoms with Crippen molar-refractivity contribution in [1.82, 2.24) is 10.3 Å². The molecule has 3 rings (SSSR count). The zero-order valence-electron chi connectivity index (χ0n) is 11.0. The van der Waals surface area contributed by atoms with Crippen LogP contribution < -0.4 is 10.6 Å². The fraction of sp³-hybridized carbons (Fsp3) is 0.429. The highest BCUT2D eigenvalue weighted by atomic mass is 35.5. The predicted octanol–water partition coefficient (Wildman–Crippen LogP) is 3.42. The van der Waals surface area contributed by atoms with E-state index in [1.165, 1.54) is 17.8 Å². The lowest BCUT2D eigenvalue weighted by atomic mass is 10.1. The molecule has 1 aromatic carbocycles. The number of anilines is 1. The molecule has 2 aromatic rings. The van der Waals surface area contributed by atoms with Gasteiger partial charge in [0.2, 0.25) is 5.91 Å². The second kappa shape index (κ2) is 6.08. The van der Waals surface area contributed by atoms with Crippen molar-refractivity contribution >= 4 is 44.2 Å². The Hall–Kier alpha value is -1.17. The lowest BCUT2D eigenvalue weighted by Crippen LogP contribution is -2.39. The van der Waals surface area contributed by atoms with Crippen LogP contribution in [0.4, 0.5) is 5.13 Å². The standard InChI is InChI=1S/C14H16ClN3OS/c15-9-5-6-10-12(8-9)20-14(17-10)18-13(19)11-4-2-1-3-7-16-11/h5-6,8,11,16H,1-4,7H2,(H,17,18,19). The van der Waals surface area contributed by atoms with E-state index in [4.69, 9.17) is 11.6 Å². The highest BCUT2D eigenvalue weighted by Gasteiger charge is 2.20. The third kappa shape index (κ3) is 3.11. The van der Waals surface area contributed by atoms with Crippen LogP contribution in [0.5, 0.6) is 0 Å². The maximum Gasteiger partial charge on any atom is 0.243 e. The minimum Gasteiger partial charge on any atom is -0.306 e. The van der Waals surface area contributed by atoms with Crippen molar-refractivity contribution in [3.63, 3.8) is 0 Å². The summed E-state index contributed by atoms with van der Waals surface area (Å²) in [6.07, 6.45) is 4.32. The molecule has 20 heavy (non-hydrogen) atoms. The Kier molecular flexibility index (Phi) is 4.19. The zero-order valence-corrected chi connectivity index (χ0v) is 12.6. The number of carbonyl (C=O) groups is 1. The van der Waals surface area contributed by atoms with Gasteiger partial charge < -0.3 is 10.6 Å². The minimum absolute atomic E-state index is 0.0112. The Balaban J connectivity index is 1.73. The molecule has 0 spiro atoms. The lowest BCUT2D eigenvalue weighted by Gasteiger charge is -2.13. The van der Waals surface area contributed by atoms with E-state index in [0.29, 0.717) is 10.2 Å². The van der Waals surface area contributed by atoms with Crippen molar-refractivity contribution in [1.29, 1.82) is 0 Å². The summed E-state index contributed by atoms with van der Waals surface area (Å²) in [6, 6.07) is 5.44.